The van der Waals surface area contributed by atoms with Gasteiger partial charge in [-0.25, -0.2) is 4.98 Å². The molecule has 0 saturated heterocycles. The molecule has 0 aliphatic rings. The first kappa shape index (κ1) is 13.3. The van der Waals surface area contributed by atoms with Crippen LogP contribution in [0.3, 0.4) is 0 Å². The van der Waals surface area contributed by atoms with Crippen molar-refractivity contribution in [2.24, 2.45) is 5.41 Å². The SMILES string of the molecule is COCCC(C)(C)CNc1cccc(Cl)n1. The summed E-state index contributed by atoms with van der Waals surface area (Å²) >= 11 is 5.81. The minimum atomic E-state index is 0.181. The fourth-order valence-corrected chi connectivity index (χ4v) is 1.47. The van der Waals surface area contributed by atoms with Crippen molar-refractivity contribution in [3.63, 3.8) is 0 Å². The predicted octanol–water partition coefficient (Wildman–Crippen LogP) is 3.21. The lowest BCUT2D eigenvalue weighted by molar-refractivity contribution is 0.157. The van der Waals surface area contributed by atoms with E-state index in [0.29, 0.717) is 5.15 Å². The maximum Gasteiger partial charge on any atom is 0.131 e. The molecule has 0 saturated carbocycles. The normalized spacial score (nSPS) is 11.5. The number of anilines is 1. The van der Waals surface area contributed by atoms with Crippen LogP contribution in [0.25, 0.3) is 0 Å². The van der Waals surface area contributed by atoms with E-state index in [1.54, 1.807) is 13.2 Å². The van der Waals surface area contributed by atoms with Gasteiger partial charge < -0.3 is 10.1 Å². The number of nitrogens with zero attached hydrogens (tertiary/aromatic N) is 1. The summed E-state index contributed by atoms with van der Waals surface area (Å²) in [6.07, 6.45) is 1.01. The highest BCUT2D eigenvalue weighted by atomic mass is 35.5. The van der Waals surface area contributed by atoms with Gasteiger partial charge in [0.15, 0.2) is 0 Å². The van der Waals surface area contributed by atoms with Crippen LogP contribution in [0.1, 0.15) is 20.3 Å². The van der Waals surface area contributed by atoms with E-state index < -0.39 is 0 Å². The Morgan fingerprint density at radius 2 is 2.19 bits per heavy atom. The molecule has 0 spiro atoms. The highest BCUT2D eigenvalue weighted by Gasteiger charge is 2.17. The number of pyridine rings is 1. The third-order valence-electron chi connectivity index (χ3n) is 2.45. The van der Waals surface area contributed by atoms with Crippen molar-refractivity contribution in [2.45, 2.75) is 20.3 Å². The van der Waals surface area contributed by atoms with Crippen LogP contribution in [0, 0.1) is 5.41 Å². The van der Waals surface area contributed by atoms with Crippen LogP contribution >= 0.6 is 11.6 Å². The van der Waals surface area contributed by atoms with E-state index in [1.807, 2.05) is 12.1 Å². The predicted molar refractivity (Wildman–Crippen MR) is 68.0 cm³/mol. The number of halogens is 1. The summed E-state index contributed by atoms with van der Waals surface area (Å²) in [6, 6.07) is 5.57. The second kappa shape index (κ2) is 6.06. The van der Waals surface area contributed by atoms with Crippen LogP contribution in [0.5, 0.6) is 0 Å². The molecule has 90 valence electrons. The summed E-state index contributed by atoms with van der Waals surface area (Å²) in [6.45, 7) is 6.02. The van der Waals surface area contributed by atoms with Gasteiger partial charge in [-0.1, -0.05) is 31.5 Å². The van der Waals surface area contributed by atoms with Crippen molar-refractivity contribution in [1.82, 2.24) is 4.98 Å². The summed E-state index contributed by atoms with van der Waals surface area (Å²) in [5.74, 6) is 0.818. The summed E-state index contributed by atoms with van der Waals surface area (Å²) in [5, 5.41) is 3.80. The Hall–Kier alpha value is -0.800. The maximum absolute atomic E-state index is 5.81. The van der Waals surface area contributed by atoms with E-state index in [0.717, 1.165) is 25.4 Å². The van der Waals surface area contributed by atoms with Crippen LogP contribution in [0.15, 0.2) is 18.2 Å². The highest BCUT2D eigenvalue weighted by Crippen LogP contribution is 2.21. The molecule has 0 amide bonds. The molecule has 0 bridgehead atoms. The van der Waals surface area contributed by atoms with Crippen molar-refractivity contribution in [1.29, 1.82) is 0 Å². The van der Waals surface area contributed by atoms with Crippen molar-refractivity contribution in [3.8, 4) is 0 Å². The average molecular weight is 243 g/mol. The number of aromatic nitrogens is 1. The summed E-state index contributed by atoms with van der Waals surface area (Å²) < 4.78 is 5.08. The standard InChI is InChI=1S/C12H19ClN2O/c1-12(2,7-8-16-3)9-14-11-6-4-5-10(13)15-11/h4-6H,7-9H2,1-3H3,(H,14,15). The first-order chi connectivity index (χ1) is 7.53. The molecule has 1 rings (SSSR count). The first-order valence-corrected chi connectivity index (χ1v) is 5.77. The molecule has 1 aromatic rings. The van der Waals surface area contributed by atoms with Gasteiger partial charge in [0, 0.05) is 20.3 Å². The Morgan fingerprint density at radius 1 is 1.44 bits per heavy atom. The molecule has 1 heterocycles. The van der Waals surface area contributed by atoms with Gasteiger partial charge in [-0.05, 0) is 24.0 Å². The molecule has 0 fully saturated rings. The van der Waals surface area contributed by atoms with E-state index in [9.17, 15) is 0 Å². The van der Waals surface area contributed by atoms with E-state index in [1.165, 1.54) is 0 Å². The van der Waals surface area contributed by atoms with Crippen LogP contribution < -0.4 is 5.32 Å². The molecule has 1 aromatic heterocycles. The second-order valence-electron chi connectivity index (χ2n) is 4.61. The Bertz CT molecular complexity index is 329. The molecular weight excluding hydrogens is 224 g/mol. The summed E-state index contributed by atoms with van der Waals surface area (Å²) in [7, 11) is 1.72. The lowest BCUT2D eigenvalue weighted by Crippen LogP contribution is -2.24. The van der Waals surface area contributed by atoms with Gasteiger partial charge >= 0.3 is 0 Å². The molecule has 4 heteroatoms. The van der Waals surface area contributed by atoms with E-state index >= 15 is 0 Å². The molecule has 3 nitrogen and oxygen atoms in total. The zero-order chi connectivity index (χ0) is 12.0. The van der Waals surface area contributed by atoms with Crippen molar-refractivity contribution in [2.75, 3.05) is 25.6 Å². The lowest BCUT2D eigenvalue weighted by atomic mass is 9.90. The van der Waals surface area contributed by atoms with Crippen molar-refractivity contribution < 1.29 is 4.74 Å². The van der Waals surface area contributed by atoms with Crippen LogP contribution in [-0.2, 0) is 4.74 Å². The quantitative estimate of drug-likeness (QED) is 0.778. The molecule has 0 aliphatic carbocycles. The Kier molecular flexibility index (Phi) is 5.03. The van der Waals surface area contributed by atoms with Gasteiger partial charge in [0.1, 0.15) is 11.0 Å². The molecule has 0 unspecified atom stereocenters. The molecule has 0 aromatic carbocycles. The minimum absolute atomic E-state index is 0.181. The van der Waals surface area contributed by atoms with Gasteiger partial charge in [-0.3, -0.25) is 0 Å². The largest absolute Gasteiger partial charge is 0.385 e. The van der Waals surface area contributed by atoms with Gasteiger partial charge in [0.05, 0.1) is 0 Å². The molecule has 0 atom stereocenters. The number of methoxy groups -OCH3 is 1. The van der Waals surface area contributed by atoms with Crippen molar-refractivity contribution >= 4 is 17.4 Å². The van der Waals surface area contributed by atoms with E-state index in [2.05, 4.69) is 24.1 Å². The van der Waals surface area contributed by atoms with E-state index in [-0.39, 0.29) is 5.41 Å². The highest BCUT2D eigenvalue weighted by molar-refractivity contribution is 6.29. The number of ether oxygens (including phenoxy) is 1. The third kappa shape index (κ3) is 4.81. The zero-order valence-corrected chi connectivity index (χ0v) is 10.8. The number of nitrogens with one attached hydrogen (secondary N) is 1. The Labute approximate surface area is 102 Å². The average Bonchev–Trinajstić information content (AvgIpc) is 2.24. The first-order valence-electron chi connectivity index (χ1n) is 5.39. The molecule has 16 heavy (non-hydrogen) atoms. The smallest absolute Gasteiger partial charge is 0.131 e. The summed E-state index contributed by atoms with van der Waals surface area (Å²) in [5.41, 5.74) is 0.181. The topological polar surface area (TPSA) is 34.1 Å². The van der Waals surface area contributed by atoms with Gasteiger partial charge in [0.2, 0.25) is 0 Å². The lowest BCUT2D eigenvalue weighted by Gasteiger charge is -2.24. The Morgan fingerprint density at radius 3 is 2.81 bits per heavy atom. The third-order valence-corrected chi connectivity index (χ3v) is 2.66. The van der Waals surface area contributed by atoms with Crippen LogP contribution in [0.4, 0.5) is 5.82 Å². The maximum atomic E-state index is 5.81. The monoisotopic (exact) mass is 242 g/mol. The molecule has 1 N–H and O–H groups in total. The van der Waals surface area contributed by atoms with Gasteiger partial charge in [0.25, 0.3) is 0 Å². The molecule has 0 aliphatic heterocycles. The second-order valence-corrected chi connectivity index (χ2v) is 4.99. The van der Waals surface area contributed by atoms with Crippen LogP contribution in [-0.4, -0.2) is 25.2 Å². The molecule has 0 radical (unpaired) electrons. The van der Waals surface area contributed by atoms with Crippen LogP contribution in [0.2, 0.25) is 5.15 Å². The van der Waals surface area contributed by atoms with Crippen molar-refractivity contribution in [3.05, 3.63) is 23.4 Å². The van der Waals surface area contributed by atoms with E-state index in [4.69, 9.17) is 16.3 Å². The number of rotatable bonds is 6. The van der Waals surface area contributed by atoms with Gasteiger partial charge in [-0.2, -0.15) is 0 Å². The number of hydrogen-bond acceptors (Lipinski definition) is 3. The zero-order valence-electron chi connectivity index (χ0n) is 10.1. The molecular formula is C12H19ClN2O. The minimum Gasteiger partial charge on any atom is -0.385 e. The fourth-order valence-electron chi connectivity index (χ4n) is 1.30. The fraction of sp³-hybridized carbons (Fsp3) is 0.583. The van der Waals surface area contributed by atoms with Gasteiger partial charge in [-0.15, -0.1) is 0 Å². The number of hydrogen-bond donors (Lipinski definition) is 1. The summed E-state index contributed by atoms with van der Waals surface area (Å²) in [4.78, 5) is 4.18. The Balaban J connectivity index is 2.44.